The van der Waals surface area contributed by atoms with Crippen molar-refractivity contribution in [1.29, 1.82) is 0 Å². The summed E-state index contributed by atoms with van der Waals surface area (Å²) in [5, 5.41) is 2.65. The lowest BCUT2D eigenvalue weighted by Crippen LogP contribution is -2.28. The van der Waals surface area contributed by atoms with E-state index in [1.54, 1.807) is 12.1 Å². The van der Waals surface area contributed by atoms with Gasteiger partial charge in [-0.1, -0.05) is 11.6 Å². The van der Waals surface area contributed by atoms with Crippen LogP contribution in [-0.2, 0) is 0 Å². The second-order valence-electron chi connectivity index (χ2n) is 2.15. The van der Waals surface area contributed by atoms with Gasteiger partial charge in [0.1, 0.15) is 0 Å². The SMILES string of the molecule is NCCNC(=O)c1ccc(Cl)s1. The van der Waals surface area contributed by atoms with Crippen LogP contribution in [0, 0.1) is 0 Å². The lowest BCUT2D eigenvalue weighted by Gasteiger charge is -1.98. The summed E-state index contributed by atoms with van der Waals surface area (Å²) in [5.41, 5.74) is 5.22. The summed E-state index contributed by atoms with van der Waals surface area (Å²) in [5.74, 6) is -0.114. The van der Waals surface area contributed by atoms with E-state index in [4.69, 9.17) is 17.3 Å². The highest BCUT2D eigenvalue weighted by Crippen LogP contribution is 2.20. The second-order valence-corrected chi connectivity index (χ2v) is 3.86. The van der Waals surface area contributed by atoms with Crippen LogP contribution in [-0.4, -0.2) is 19.0 Å². The van der Waals surface area contributed by atoms with E-state index in [9.17, 15) is 4.79 Å². The maximum Gasteiger partial charge on any atom is 0.261 e. The fraction of sp³-hybridized carbons (Fsp3) is 0.286. The first kappa shape index (κ1) is 9.51. The molecule has 0 aliphatic carbocycles. The first-order chi connectivity index (χ1) is 5.74. The highest BCUT2D eigenvalue weighted by Gasteiger charge is 2.06. The first-order valence-corrected chi connectivity index (χ1v) is 4.67. The van der Waals surface area contributed by atoms with Gasteiger partial charge in [-0.2, -0.15) is 0 Å². The number of nitrogens with two attached hydrogens (primary N) is 1. The Labute approximate surface area is 79.5 Å². The smallest absolute Gasteiger partial charge is 0.261 e. The van der Waals surface area contributed by atoms with Crippen LogP contribution >= 0.6 is 22.9 Å². The molecule has 0 fully saturated rings. The van der Waals surface area contributed by atoms with Gasteiger partial charge in [-0.25, -0.2) is 0 Å². The van der Waals surface area contributed by atoms with Gasteiger partial charge in [-0.3, -0.25) is 4.79 Å². The zero-order chi connectivity index (χ0) is 8.97. The molecule has 0 bridgehead atoms. The van der Waals surface area contributed by atoms with E-state index in [2.05, 4.69) is 5.32 Å². The van der Waals surface area contributed by atoms with Gasteiger partial charge in [-0.05, 0) is 12.1 Å². The minimum atomic E-state index is -0.114. The molecular weight excluding hydrogens is 196 g/mol. The zero-order valence-electron chi connectivity index (χ0n) is 6.34. The van der Waals surface area contributed by atoms with Crippen molar-refractivity contribution >= 4 is 28.8 Å². The molecule has 12 heavy (non-hydrogen) atoms. The Hall–Kier alpha value is -0.580. The number of hydrogen-bond donors (Lipinski definition) is 2. The Kier molecular flexibility index (Phi) is 3.52. The summed E-state index contributed by atoms with van der Waals surface area (Å²) in [6.07, 6.45) is 0. The highest BCUT2D eigenvalue weighted by molar-refractivity contribution is 7.17. The van der Waals surface area contributed by atoms with Crippen molar-refractivity contribution in [1.82, 2.24) is 5.32 Å². The number of nitrogens with one attached hydrogen (secondary N) is 1. The monoisotopic (exact) mass is 204 g/mol. The van der Waals surface area contributed by atoms with E-state index < -0.39 is 0 Å². The minimum Gasteiger partial charge on any atom is -0.350 e. The fourth-order valence-corrected chi connectivity index (χ4v) is 1.67. The molecule has 1 aromatic rings. The van der Waals surface area contributed by atoms with Gasteiger partial charge in [-0.15, -0.1) is 11.3 Å². The van der Waals surface area contributed by atoms with Crippen LogP contribution in [0.3, 0.4) is 0 Å². The van der Waals surface area contributed by atoms with Crippen molar-refractivity contribution in [2.75, 3.05) is 13.1 Å². The summed E-state index contributed by atoms with van der Waals surface area (Å²) >= 11 is 6.91. The number of rotatable bonds is 3. The molecule has 0 atom stereocenters. The van der Waals surface area contributed by atoms with Crippen LogP contribution in [0.15, 0.2) is 12.1 Å². The van der Waals surface area contributed by atoms with Crippen molar-refractivity contribution < 1.29 is 4.79 Å². The average molecular weight is 205 g/mol. The predicted molar refractivity (Wildman–Crippen MR) is 50.7 cm³/mol. The molecule has 5 heteroatoms. The van der Waals surface area contributed by atoms with Crippen LogP contribution in [0.1, 0.15) is 9.67 Å². The summed E-state index contributed by atoms with van der Waals surface area (Å²) in [7, 11) is 0. The van der Waals surface area contributed by atoms with E-state index in [-0.39, 0.29) is 5.91 Å². The van der Waals surface area contributed by atoms with Crippen LogP contribution in [0.5, 0.6) is 0 Å². The van der Waals surface area contributed by atoms with E-state index in [0.29, 0.717) is 22.3 Å². The third-order valence-electron chi connectivity index (χ3n) is 1.23. The molecule has 3 nitrogen and oxygen atoms in total. The van der Waals surface area contributed by atoms with Crippen LogP contribution in [0.25, 0.3) is 0 Å². The average Bonchev–Trinajstić information content (AvgIpc) is 2.47. The van der Waals surface area contributed by atoms with Crippen molar-refractivity contribution in [3.8, 4) is 0 Å². The van der Waals surface area contributed by atoms with Gasteiger partial charge in [0, 0.05) is 13.1 Å². The Bertz CT molecular complexity index is 274. The highest BCUT2D eigenvalue weighted by atomic mass is 35.5. The van der Waals surface area contributed by atoms with Gasteiger partial charge < -0.3 is 11.1 Å². The molecular formula is C7H9ClN2OS. The van der Waals surface area contributed by atoms with Gasteiger partial charge in [0.05, 0.1) is 9.21 Å². The van der Waals surface area contributed by atoms with E-state index in [0.717, 1.165) is 0 Å². The summed E-state index contributed by atoms with van der Waals surface area (Å²) in [4.78, 5) is 11.8. The van der Waals surface area contributed by atoms with Gasteiger partial charge in [0.15, 0.2) is 0 Å². The molecule has 1 heterocycles. The largest absolute Gasteiger partial charge is 0.350 e. The predicted octanol–water partition coefficient (Wildman–Crippen LogP) is 1.09. The molecule has 0 aromatic carbocycles. The molecule has 0 aliphatic rings. The number of halogens is 1. The molecule has 0 spiro atoms. The normalized spacial score (nSPS) is 9.83. The third kappa shape index (κ3) is 2.48. The molecule has 1 rings (SSSR count). The molecule has 1 aromatic heterocycles. The Balaban J connectivity index is 2.53. The first-order valence-electron chi connectivity index (χ1n) is 3.47. The van der Waals surface area contributed by atoms with Crippen LogP contribution in [0.2, 0.25) is 4.34 Å². The number of thiophene rings is 1. The number of carbonyl (C=O) groups is 1. The maximum atomic E-state index is 11.2. The van der Waals surface area contributed by atoms with Crippen LogP contribution < -0.4 is 11.1 Å². The minimum absolute atomic E-state index is 0.114. The molecule has 0 saturated heterocycles. The summed E-state index contributed by atoms with van der Waals surface area (Å²) < 4.78 is 0.618. The van der Waals surface area contributed by atoms with Gasteiger partial charge >= 0.3 is 0 Å². The van der Waals surface area contributed by atoms with Gasteiger partial charge in [0.25, 0.3) is 5.91 Å². The number of carbonyl (C=O) groups excluding carboxylic acids is 1. The molecule has 0 unspecified atom stereocenters. The van der Waals surface area contributed by atoms with E-state index >= 15 is 0 Å². The molecule has 0 aliphatic heterocycles. The molecule has 0 radical (unpaired) electrons. The van der Waals surface area contributed by atoms with Crippen molar-refractivity contribution in [2.45, 2.75) is 0 Å². The lowest BCUT2D eigenvalue weighted by atomic mass is 10.4. The Morgan fingerprint density at radius 1 is 1.67 bits per heavy atom. The Morgan fingerprint density at radius 3 is 2.92 bits per heavy atom. The van der Waals surface area contributed by atoms with Crippen LogP contribution in [0.4, 0.5) is 0 Å². The Morgan fingerprint density at radius 2 is 2.42 bits per heavy atom. The summed E-state index contributed by atoms with van der Waals surface area (Å²) in [6, 6.07) is 3.39. The number of hydrogen-bond acceptors (Lipinski definition) is 3. The van der Waals surface area contributed by atoms with Crippen molar-refractivity contribution in [3.05, 3.63) is 21.3 Å². The lowest BCUT2D eigenvalue weighted by molar-refractivity contribution is 0.0959. The summed E-state index contributed by atoms with van der Waals surface area (Å²) in [6.45, 7) is 0.944. The zero-order valence-corrected chi connectivity index (χ0v) is 7.91. The van der Waals surface area contributed by atoms with Crippen molar-refractivity contribution in [3.63, 3.8) is 0 Å². The topological polar surface area (TPSA) is 55.1 Å². The van der Waals surface area contributed by atoms with E-state index in [1.807, 2.05) is 0 Å². The van der Waals surface area contributed by atoms with Gasteiger partial charge in [0.2, 0.25) is 0 Å². The molecule has 0 saturated carbocycles. The maximum absolute atomic E-state index is 11.2. The quantitative estimate of drug-likeness (QED) is 0.775. The molecule has 3 N–H and O–H groups in total. The van der Waals surface area contributed by atoms with Crippen molar-refractivity contribution in [2.24, 2.45) is 5.73 Å². The fourth-order valence-electron chi connectivity index (χ4n) is 0.709. The standard InChI is InChI=1S/C7H9ClN2OS/c8-6-2-1-5(12-6)7(11)10-4-3-9/h1-2H,3-4,9H2,(H,10,11). The van der Waals surface area contributed by atoms with E-state index in [1.165, 1.54) is 11.3 Å². The molecule has 66 valence electrons. The third-order valence-corrected chi connectivity index (χ3v) is 2.46. The molecule has 1 amide bonds. The number of amides is 1. The second kappa shape index (κ2) is 4.45.